The molecule has 0 aromatic heterocycles. The Balaban J connectivity index is 1.72. The molecule has 1 saturated carbocycles. The first-order valence-electron chi connectivity index (χ1n) is 9.12. The predicted octanol–water partition coefficient (Wildman–Crippen LogP) is 4.72. The van der Waals surface area contributed by atoms with Gasteiger partial charge in [-0.05, 0) is 56.9 Å². The summed E-state index contributed by atoms with van der Waals surface area (Å²) in [7, 11) is -3.87. The van der Waals surface area contributed by atoms with E-state index in [0.717, 1.165) is 25.7 Å². The summed E-state index contributed by atoms with van der Waals surface area (Å²) in [6.07, 6.45) is 3.80. The van der Waals surface area contributed by atoms with Gasteiger partial charge in [0.15, 0.2) is 0 Å². The molecular formula is C20H24NO5P. The third-order valence-corrected chi connectivity index (χ3v) is 5.83. The zero-order valence-corrected chi connectivity index (χ0v) is 16.1. The SMILES string of the molecule is C[C@H](NP(=O)(Oc1ccccc1)Oc1ccccc1)C(=O)OC1CCCC1. The van der Waals surface area contributed by atoms with Gasteiger partial charge in [-0.3, -0.25) is 4.79 Å². The minimum Gasteiger partial charge on any atom is -0.461 e. The Morgan fingerprint density at radius 1 is 0.963 bits per heavy atom. The summed E-state index contributed by atoms with van der Waals surface area (Å²) in [5, 5.41) is 2.70. The standard InChI is InChI=1S/C20H24NO5P/c1-16(20(22)24-17-10-8-9-11-17)21-27(23,25-18-12-4-2-5-13-18)26-19-14-6-3-7-15-19/h2-7,12-17H,8-11H2,1H3,(H,21,23)/t16-/m0/s1. The minimum atomic E-state index is -3.87. The number of esters is 1. The second kappa shape index (κ2) is 9.07. The first-order valence-corrected chi connectivity index (χ1v) is 10.7. The van der Waals surface area contributed by atoms with Crippen LogP contribution in [0.4, 0.5) is 0 Å². The van der Waals surface area contributed by atoms with Crippen molar-refractivity contribution in [3.05, 3.63) is 60.7 Å². The fourth-order valence-electron chi connectivity index (χ4n) is 2.87. The van der Waals surface area contributed by atoms with Crippen molar-refractivity contribution in [2.75, 3.05) is 0 Å². The van der Waals surface area contributed by atoms with Crippen LogP contribution in [0.1, 0.15) is 32.6 Å². The Morgan fingerprint density at radius 2 is 1.44 bits per heavy atom. The molecule has 0 bridgehead atoms. The number of para-hydroxylation sites is 2. The van der Waals surface area contributed by atoms with Crippen molar-refractivity contribution in [1.29, 1.82) is 0 Å². The fourth-order valence-corrected chi connectivity index (χ4v) is 4.39. The number of hydrogen-bond acceptors (Lipinski definition) is 5. The molecule has 1 atom stereocenters. The number of carbonyl (C=O) groups is 1. The highest BCUT2D eigenvalue weighted by Crippen LogP contribution is 2.45. The second-order valence-electron chi connectivity index (χ2n) is 6.50. The molecular weight excluding hydrogens is 365 g/mol. The molecule has 0 amide bonds. The molecule has 1 aliphatic rings. The topological polar surface area (TPSA) is 73.9 Å². The Hall–Kier alpha value is -2.30. The van der Waals surface area contributed by atoms with Crippen LogP contribution in [-0.4, -0.2) is 18.1 Å². The number of ether oxygens (including phenoxy) is 1. The molecule has 1 aliphatic carbocycles. The van der Waals surface area contributed by atoms with Crippen molar-refractivity contribution < 1.29 is 23.1 Å². The maximum Gasteiger partial charge on any atom is 0.513 e. The first kappa shape index (κ1) is 19.5. The first-order chi connectivity index (χ1) is 13.0. The van der Waals surface area contributed by atoms with Gasteiger partial charge in [0, 0.05) is 0 Å². The molecule has 0 saturated heterocycles. The lowest BCUT2D eigenvalue weighted by Gasteiger charge is -2.24. The average Bonchev–Trinajstić information content (AvgIpc) is 3.16. The maximum atomic E-state index is 13.3. The zero-order valence-electron chi connectivity index (χ0n) is 15.2. The Labute approximate surface area is 159 Å². The molecule has 0 spiro atoms. The third kappa shape index (κ3) is 5.84. The third-order valence-electron chi connectivity index (χ3n) is 4.23. The molecule has 0 unspecified atom stereocenters. The minimum absolute atomic E-state index is 0.0637. The maximum absolute atomic E-state index is 13.3. The molecule has 6 nitrogen and oxygen atoms in total. The van der Waals surface area contributed by atoms with Crippen molar-refractivity contribution in [2.24, 2.45) is 0 Å². The predicted molar refractivity (Wildman–Crippen MR) is 103 cm³/mol. The van der Waals surface area contributed by atoms with Gasteiger partial charge in [0.05, 0.1) is 0 Å². The van der Waals surface area contributed by atoms with Gasteiger partial charge in [0.25, 0.3) is 0 Å². The van der Waals surface area contributed by atoms with Crippen molar-refractivity contribution in [1.82, 2.24) is 5.09 Å². The van der Waals surface area contributed by atoms with Crippen LogP contribution in [0.2, 0.25) is 0 Å². The van der Waals surface area contributed by atoms with Crippen LogP contribution in [0, 0.1) is 0 Å². The Kier molecular flexibility index (Phi) is 6.54. The van der Waals surface area contributed by atoms with Gasteiger partial charge in [0.1, 0.15) is 23.6 Å². The zero-order chi connectivity index (χ0) is 19.1. The van der Waals surface area contributed by atoms with Crippen LogP contribution in [0.3, 0.4) is 0 Å². The average molecular weight is 389 g/mol. The highest BCUT2D eigenvalue weighted by molar-refractivity contribution is 7.52. The summed E-state index contributed by atoms with van der Waals surface area (Å²) < 4.78 is 30.0. The highest BCUT2D eigenvalue weighted by atomic mass is 31.2. The van der Waals surface area contributed by atoms with Gasteiger partial charge >= 0.3 is 13.7 Å². The van der Waals surface area contributed by atoms with E-state index >= 15 is 0 Å². The summed E-state index contributed by atoms with van der Waals surface area (Å²) >= 11 is 0. The van der Waals surface area contributed by atoms with E-state index in [9.17, 15) is 9.36 Å². The number of carbonyl (C=O) groups excluding carboxylic acids is 1. The van der Waals surface area contributed by atoms with Crippen molar-refractivity contribution in [3.8, 4) is 11.5 Å². The highest BCUT2D eigenvalue weighted by Gasteiger charge is 2.34. The smallest absolute Gasteiger partial charge is 0.461 e. The van der Waals surface area contributed by atoms with Crippen LogP contribution in [0.5, 0.6) is 11.5 Å². The Bertz CT molecular complexity index is 732. The lowest BCUT2D eigenvalue weighted by molar-refractivity contribution is -0.150. The largest absolute Gasteiger partial charge is 0.513 e. The van der Waals surface area contributed by atoms with Gasteiger partial charge in [0.2, 0.25) is 0 Å². The molecule has 27 heavy (non-hydrogen) atoms. The molecule has 1 N–H and O–H groups in total. The quantitative estimate of drug-likeness (QED) is 0.520. The van der Waals surface area contributed by atoms with Crippen molar-refractivity contribution in [3.63, 3.8) is 0 Å². The summed E-state index contributed by atoms with van der Waals surface area (Å²) in [5.41, 5.74) is 0. The Morgan fingerprint density at radius 3 is 1.93 bits per heavy atom. The summed E-state index contributed by atoms with van der Waals surface area (Å²) in [6.45, 7) is 1.59. The summed E-state index contributed by atoms with van der Waals surface area (Å²) in [6, 6.07) is 16.5. The molecule has 2 aromatic carbocycles. The molecule has 3 rings (SSSR count). The van der Waals surface area contributed by atoms with E-state index < -0.39 is 19.8 Å². The molecule has 0 aliphatic heterocycles. The molecule has 7 heteroatoms. The molecule has 0 radical (unpaired) electrons. The second-order valence-corrected chi connectivity index (χ2v) is 8.12. The number of rotatable bonds is 8. The van der Waals surface area contributed by atoms with E-state index in [1.54, 1.807) is 55.5 Å². The van der Waals surface area contributed by atoms with Crippen LogP contribution in [0.25, 0.3) is 0 Å². The fraction of sp³-hybridized carbons (Fsp3) is 0.350. The molecule has 2 aromatic rings. The van der Waals surface area contributed by atoms with Crippen molar-refractivity contribution >= 4 is 13.7 Å². The van der Waals surface area contributed by atoms with E-state index in [2.05, 4.69) is 5.09 Å². The number of benzene rings is 2. The van der Waals surface area contributed by atoms with Crippen LogP contribution in [-0.2, 0) is 14.1 Å². The van der Waals surface area contributed by atoms with Gasteiger partial charge in [-0.1, -0.05) is 36.4 Å². The van der Waals surface area contributed by atoms with Gasteiger partial charge < -0.3 is 13.8 Å². The van der Waals surface area contributed by atoms with E-state index in [-0.39, 0.29) is 6.10 Å². The lowest BCUT2D eigenvalue weighted by atomic mass is 10.3. The number of nitrogens with one attached hydrogen (secondary N) is 1. The summed E-state index contributed by atoms with van der Waals surface area (Å²) in [5.74, 6) is 0.289. The van der Waals surface area contributed by atoms with Crippen LogP contribution < -0.4 is 14.1 Å². The van der Waals surface area contributed by atoms with Crippen LogP contribution >= 0.6 is 7.75 Å². The normalized spacial score (nSPS) is 15.9. The lowest BCUT2D eigenvalue weighted by Crippen LogP contribution is -2.37. The number of hydrogen-bond donors (Lipinski definition) is 1. The molecule has 1 fully saturated rings. The summed E-state index contributed by atoms with van der Waals surface area (Å²) in [4.78, 5) is 12.4. The van der Waals surface area contributed by atoms with E-state index in [1.165, 1.54) is 0 Å². The van der Waals surface area contributed by atoms with Gasteiger partial charge in [-0.15, -0.1) is 0 Å². The van der Waals surface area contributed by atoms with E-state index in [4.69, 9.17) is 13.8 Å². The van der Waals surface area contributed by atoms with E-state index in [1.807, 2.05) is 12.1 Å². The van der Waals surface area contributed by atoms with Gasteiger partial charge in [-0.2, -0.15) is 5.09 Å². The molecule has 0 heterocycles. The van der Waals surface area contributed by atoms with Crippen molar-refractivity contribution in [2.45, 2.75) is 44.8 Å². The molecule has 144 valence electrons. The van der Waals surface area contributed by atoms with Gasteiger partial charge in [-0.25, -0.2) is 4.57 Å². The van der Waals surface area contributed by atoms with E-state index in [0.29, 0.717) is 11.5 Å². The monoisotopic (exact) mass is 389 g/mol. The van der Waals surface area contributed by atoms with Crippen LogP contribution in [0.15, 0.2) is 60.7 Å².